The van der Waals surface area contributed by atoms with Crippen molar-refractivity contribution in [3.63, 3.8) is 0 Å². The third kappa shape index (κ3) is 1.29. The van der Waals surface area contributed by atoms with Crippen molar-refractivity contribution in [2.24, 2.45) is 5.73 Å². The van der Waals surface area contributed by atoms with Gasteiger partial charge in [0.15, 0.2) is 5.82 Å². The molecule has 0 saturated heterocycles. The summed E-state index contributed by atoms with van der Waals surface area (Å²) in [5.41, 5.74) is 9.61. The molecular weight excluding hydrogens is 242 g/mol. The molecular formula is C9H9N5S2. The van der Waals surface area contributed by atoms with Gasteiger partial charge in [0.1, 0.15) is 0 Å². The zero-order valence-corrected chi connectivity index (χ0v) is 10.2. The van der Waals surface area contributed by atoms with Gasteiger partial charge in [0.05, 0.1) is 28.3 Å². The monoisotopic (exact) mass is 251 g/mol. The van der Waals surface area contributed by atoms with E-state index >= 15 is 0 Å². The Bertz CT molecular complexity index is 635. The number of aryl methyl sites for hydroxylation is 1. The van der Waals surface area contributed by atoms with Crippen LogP contribution < -0.4 is 5.73 Å². The quantitative estimate of drug-likeness (QED) is 0.752. The van der Waals surface area contributed by atoms with E-state index in [1.54, 1.807) is 22.7 Å². The Hall–Kier alpha value is -1.31. The number of hydrogen-bond acceptors (Lipinski definition) is 6. The summed E-state index contributed by atoms with van der Waals surface area (Å²) in [5, 5.41) is 10.2. The summed E-state index contributed by atoms with van der Waals surface area (Å²) in [6, 6.07) is 0. The van der Waals surface area contributed by atoms with Gasteiger partial charge in [-0.25, -0.2) is 4.98 Å². The molecule has 0 atom stereocenters. The Morgan fingerprint density at radius 3 is 2.94 bits per heavy atom. The van der Waals surface area contributed by atoms with Crippen molar-refractivity contribution in [3.05, 3.63) is 22.4 Å². The van der Waals surface area contributed by atoms with Gasteiger partial charge in [-0.2, -0.15) is 0 Å². The molecule has 3 heterocycles. The minimum Gasteiger partial charge on any atom is -0.324 e. The molecule has 0 unspecified atom stereocenters. The predicted molar refractivity (Wildman–Crippen MR) is 64.6 cm³/mol. The molecule has 3 rings (SSSR count). The fourth-order valence-corrected chi connectivity index (χ4v) is 3.34. The van der Waals surface area contributed by atoms with Gasteiger partial charge in [0.25, 0.3) is 0 Å². The lowest BCUT2D eigenvalue weighted by Crippen LogP contribution is -2.02. The van der Waals surface area contributed by atoms with E-state index < -0.39 is 0 Å². The van der Waals surface area contributed by atoms with Crippen LogP contribution in [0.1, 0.15) is 11.5 Å². The maximum atomic E-state index is 5.65. The molecule has 3 aromatic rings. The summed E-state index contributed by atoms with van der Waals surface area (Å²) in [4.78, 5) is 6.29. The van der Waals surface area contributed by atoms with E-state index in [1.807, 2.05) is 16.8 Å². The molecule has 0 aliphatic rings. The Morgan fingerprint density at radius 1 is 1.38 bits per heavy atom. The average Bonchev–Trinajstić information content (AvgIpc) is 2.92. The highest BCUT2D eigenvalue weighted by atomic mass is 32.1. The first-order valence-corrected chi connectivity index (χ1v) is 6.49. The normalized spacial score (nSPS) is 11.4. The fraction of sp³-hybridized carbons (Fsp3) is 0.222. The molecule has 0 saturated carbocycles. The van der Waals surface area contributed by atoms with Crippen LogP contribution in [0.4, 0.5) is 0 Å². The van der Waals surface area contributed by atoms with Crippen LogP contribution in [0.2, 0.25) is 0 Å². The lowest BCUT2D eigenvalue weighted by Gasteiger charge is -1.98. The first-order valence-electron chi connectivity index (χ1n) is 4.73. The van der Waals surface area contributed by atoms with Crippen LogP contribution in [0.25, 0.3) is 15.5 Å². The Labute approximate surface area is 99.6 Å². The molecule has 16 heavy (non-hydrogen) atoms. The van der Waals surface area contributed by atoms with Gasteiger partial charge in [0, 0.05) is 5.38 Å². The van der Waals surface area contributed by atoms with Crippen LogP contribution >= 0.6 is 22.7 Å². The molecule has 0 bridgehead atoms. The van der Waals surface area contributed by atoms with Crippen LogP contribution in [0, 0.1) is 6.92 Å². The largest absolute Gasteiger partial charge is 0.324 e. The molecule has 2 N–H and O–H groups in total. The van der Waals surface area contributed by atoms with E-state index in [2.05, 4.69) is 20.6 Å². The van der Waals surface area contributed by atoms with Crippen molar-refractivity contribution in [1.82, 2.24) is 19.6 Å². The lowest BCUT2D eigenvalue weighted by molar-refractivity contribution is 0.887. The number of thiazole rings is 2. The third-order valence-corrected chi connectivity index (χ3v) is 4.15. The second kappa shape index (κ2) is 3.62. The second-order valence-electron chi connectivity index (χ2n) is 3.33. The molecule has 0 amide bonds. The van der Waals surface area contributed by atoms with Crippen molar-refractivity contribution in [2.45, 2.75) is 13.5 Å². The topological polar surface area (TPSA) is 69.1 Å². The van der Waals surface area contributed by atoms with Gasteiger partial charge in [-0.1, -0.05) is 0 Å². The van der Waals surface area contributed by atoms with Crippen LogP contribution in [-0.4, -0.2) is 19.6 Å². The minimum atomic E-state index is 0.392. The molecule has 0 radical (unpaired) electrons. The van der Waals surface area contributed by atoms with Gasteiger partial charge in [-0.3, -0.25) is 4.40 Å². The molecule has 0 aliphatic carbocycles. The molecule has 0 aromatic carbocycles. The van der Waals surface area contributed by atoms with Crippen molar-refractivity contribution in [3.8, 4) is 10.6 Å². The summed E-state index contributed by atoms with van der Waals surface area (Å²) < 4.78 is 2.01. The standard InChI is InChI=1S/C9H9N5S2/c1-5-8(16-4-11-5)6-3-15-9-13-12-7(2-10)14(6)9/h3-4H,2,10H2,1H3. The number of fused-ring (bicyclic) bond motifs is 1. The molecule has 3 aromatic heterocycles. The Kier molecular flexibility index (Phi) is 2.23. The molecule has 0 aliphatic heterocycles. The van der Waals surface area contributed by atoms with E-state index in [4.69, 9.17) is 5.73 Å². The van der Waals surface area contributed by atoms with Crippen molar-refractivity contribution in [2.75, 3.05) is 0 Å². The highest BCUT2D eigenvalue weighted by Crippen LogP contribution is 2.31. The van der Waals surface area contributed by atoms with E-state index in [0.717, 1.165) is 27.1 Å². The number of aromatic nitrogens is 4. The van der Waals surface area contributed by atoms with Crippen LogP contribution in [0.3, 0.4) is 0 Å². The summed E-state index contributed by atoms with van der Waals surface area (Å²) in [7, 11) is 0. The molecule has 7 heteroatoms. The Balaban J connectivity index is 2.31. The fourth-order valence-electron chi connectivity index (χ4n) is 1.61. The van der Waals surface area contributed by atoms with Crippen molar-refractivity contribution in [1.29, 1.82) is 0 Å². The van der Waals surface area contributed by atoms with Crippen molar-refractivity contribution < 1.29 is 0 Å². The van der Waals surface area contributed by atoms with Crippen LogP contribution in [0.15, 0.2) is 10.9 Å². The smallest absolute Gasteiger partial charge is 0.216 e. The maximum absolute atomic E-state index is 5.65. The number of hydrogen-bond donors (Lipinski definition) is 1. The number of nitrogens with zero attached hydrogens (tertiary/aromatic N) is 4. The van der Waals surface area contributed by atoms with Gasteiger partial charge in [-0.15, -0.1) is 32.9 Å². The summed E-state index contributed by atoms with van der Waals surface area (Å²) in [5.74, 6) is 0.791. The molecule has 0 fully saturated rings. The predicted octanol–water partition coefficient (Wildman–Crippen LogP) is 1.68. The van der Waals surface area contributed by atoms with Gasteiger partial charge in [-0.05, 0) is 6.92 Å². The minimum absolute atomic E-state index is 0.392. The first-order chi connectivity index (χ1) is 7.81. The highest BCUT2D eigenvalue weighted by Gasteiger charge is 2.15. The molecule has 5 nitrogen and oxygen atoms in total. The summed E-state index contributed by atoms with van der Waals surface area (Å²) >= 11 is 3.19. The summed E-state index contributed by atoms with van der Waals surface area (Å²) in [6.07, 6.45) is 0. The van der Waals surface area contributed by atoms with Crippen LogP contribution in [0.5, 0.6) is 0 Å². The third-order valence-electron chi connectivity index (χ3n) is 2.38. The van der Waals surface area contributed by atoms with E-state index in [1.165, 1.54) is 0 Å². The van der Waals surface area contributed by atoms with Gasteiger partial charge >= 0.3 is 0 Å². The van der Waals surface area contributed by atoms with Gasteiger partial charge < -0.3 is 5.73 Å². The number of rotatable bonds is 2. The van der Waals surface area contributed by atoms with Gasteiger partial charge in [0.2, 0.25) is 4.96 Å². The average molecular weight is 251 g/mol. The SMILES string of the molecule is Cc1ncsc1-c1csc2nnc(CN)n12. The van der Waals surface area contributed by atoms with Crippen LogP contribution in [-0.2, 0) is 6.54 Å². The van der Waals surface area contributed by atoms with E-state index in [9.17, 15) is 0 Å². The highest BCUT2D eigenvalue weighted by molar-refractivity contribution is 7.16. The maximum Gasteiger partial charge on any atom is 0.216 e. The zero-order valence-electron chi connectivity index (χ0n) is 8.54. The van der Waals surface area contributed by atoms with E-state index in [0.29, 0.717) is 6.54 Å². The summed E-state index contributed by atoms with van der Waals surface area (Å²) in [6.45, 7) is 2.39. The van der Waals surface area contributed by atoms with Crippen molar-refractivity contribution >= 4 is 27.6 Å². The first kappa shape index (κ1) is 9.88. The van der Waals surface area contributed by atoms with E-state index in [-0.39, 0.29) is 0 Å². The molecule has 0 spiro atoms. The Morgan fingerprint density at radius 2 is 2.25 bits per heavy atom. The number of nitrogens with two attached hydrogens (primary N) is 1. The second-order valence-corrected chi connectivity index (χ2v) is 5.02. The molecule has 82 valence electrons. The lowest BCUT2D eigenvalue weighted by atomic mass is 10.3. The zero-order chi connectivity index (χ0) is 11.1.